The minimum absolute atomic E-state index is 0.0349. The second-order valence-electron chi connectivity index (χ2n) is 3.64. The Hall–Kier alpha value is -1.94. The van der Waals surface area contributed by atoms with Crippen molar-refractivity contribution in [2.24, 2.45) is 5.73 Å². The van der Waals surface area contributed by atoms with E-state index in [4.69, 9.17) is 10.5 Å². The first-order valence-electron chi connectivity index (χ1n) is 5.46. The maximum absolute atomic E-state index is 5.82. The Labute approximate surface area is 100 Å². The standard InChI is InChI=1S/C13H15N3O/c1-17-12-6-3-2-5-10(12)11(9-14)13-15-7-4-8-16-13/h2-8,11H,9,14H2,1H3. The summed E-state index contributed by atoms with van der Waals surface area (Å²) in [7, 11) is 1.65. The third-order valence-corrected chi connectivity index (χ3v) is 2.65. The Balaban J connectivity index is 2.42. The van der Waals surface area contributed by atoms with Gasteiger partial charge in [0.1, 0.15) is 11.6 Å². The number of nitrogens with zero attached hydrogens (tertiary/aromatic N) is 2. The van der Waals surface area contributed by atoms with E-state index in [1.807, 2.05) is 24.3 Å². The summed E-state index contributed by atoms with van der Waals surface area (Å²) in [6, 6.07) is 9.60. The molecule has 2 N–H and O–H groups in total. The molecular formula is C13H15N3O. The molecule has 4 nitrogen and oxygen atoms in total. The van der Waals surface area contributed by atoms with Crippen molar-refractivity contribution in [3.8, 4) is 5.75 Å². The van der Waals surface area contributed by atoms with Gasteiger partial charge in [-0.15, -0.1) is 0 Å². The quantitative estimate of drug-likeness (QED) is 0.864. The van der Waals surface area contributed by atoms with Crippen LogP contribution in [0.5, 0.6) is 5.75 Å². The highest BCUT2D eigenvalue weighted by Crippen LogP contribution is 2.28. The Kier molecular flexibility index (Phi) is 3.67. The van der Waals surface area contributed by atoms with Gasteiger partial charge in [0.25, 0.3) is 0 Å². The van der Waals surface area contributed by atoms with Gasteiger partial charge in [-0.1, -0.05) is 18.2 Å². The van der Waals surface area contributed by atoms with Crippen molar-refractivity contribution in [3.63, 3.8) is 0 Å². The third-order valence-electron chi connectivity index (χ3n) is 2.65. The van der Waals surface area contributed by atoms with Crippen LogP contribution in [0.1, 0.15) is 17.3 Å². The van der Waals surface area contributed by atoms with Gasteiger partial charge < -0.3 is 10.5 Å². The molecule has 0 spiro atoms. The average Bonchev–Trinajstić information content (AvgIpc) is 2.41. The molecule has 1 aromatic heterocycles. The lowest BCUT2D eigenvalue weighted by Crippen LogP contribution is -2.17. The molecule has 0 aliphatic heterocycles. The van der Waals surface area contributed by atoms with Crippen molar-refractivity contribution in [1.29, 1.82) is 0 Å². The van der Waals surface area contributed by atoms with Crippen LogP contribution in [0.25, 0.3) is 0 Å². The first-order chi connectivity index (χ1) is 8.36. The zero-order chi connectivity index (χ0) is 12.1. The van der Waals surface area contributed by atoms with Gasteiger partial charge in [-0.2, -0.15) is 0 Å². The van der Waals surface area contributed by atoms with Gasteiger partial charge in [-0.3, -0.25) is 0 Å². The van der Waals surface area contributed by atoms with Gasteiger partial charge in [-0.05, 0) is 12.1 Å². The van der Waals surface area contributed by atoms with Crippen molar-refractivity contribution in [1.82, 2.24) is 9.97 Å². The van der Waals surface area contributed by atoms with E-state index in [0.717, 1.165) is 17.1 Å². The fourth-order valence-electron chi connectivity index (χ4n) is 1.82. The predicted octanol–water partition coefficient (Wildman–Crippen LogP) is 1.58. The first-order valence-corrected chi connectivity index (χ1v) is 5.46. The highest BCUT2D eigenvalue weighted by molar-refractivity contribution is 5.39. The topological polar surface area (TPSA) is 61.0 Å². The summed E-state index contributed by atoms with van der Waals surface area (Å²) < 4.78 is 5.34. The number of rotatable bonds is 4. The van der Waals surface area contributed by atoms with E-state index in [1.54, 1.807) is 25.6 Å². The van der Waals surface area contributed by atoms with E-state index in [-0.39, 0.29) is 5.92 Å². The minimum atomic E-state index is -0.0349. The number of benzene rings is 1. The molecule has 0 bridgehead atoms. The lowest BCUT2D eigenvalue weighted by Gasteiger charge is -2.16. The Morgan fingerprint density at radius 3 is 2.53 bits per heavy atom. The second-order valence-corrected chi connectivity index (χ2v) is 3.64. The summed E-state index contributed by atoms with van der Waals surface area (Å²) in [6.45, 7) is 0.449. The molecule has 0 amide bonds. The monoisotopic (exact) mass is 229 g/mol. The molecule has 0 aliphatic carbocycles. The summed E-state index contributed by atoms with van der Waals surface area (Å²) in [6.07, 6.45) is 3.45. The van der Waals surface area contributed by atoms with Crippen LogP contribution in [0.3, 0.4) is 0 Å². The third kappa shape index (κ3) is 2.42. The summed E-state index contributed by atoms with van der Waals surface area (Å²) in [5.41, 5.74) is 6.84. The molecule has 0 saturated carbocycles. The van der Waals surface area contributed by atoms with Crippen LogP contribution in [-0.4, -0.2) is 23.6 Å². The molecule has 1 unspecified atom stereocenters. The minimum Gasteiger partial charge on any atom is -0.496 e. The summed E-state index contributed by atoms with van der Waals surface area (Å²) in [5.74, 6) is 1.50. The van der Waals surface area contributed by atoms with Crippen molar-refractivity contribution < 1.29 is 4.74 Å². The first kappa shape index (κ1) is 11.5. The van der Waals surface area contributed by atoms with E-state index in [1.165, 1.54) is 0 Å². The molecule has 17 heavy (non-hydrogen) atoms. The molecule has 2 rings (SSSR count). The zero-order valence-electron chi connectivity index (χ0n) is 9.71. The largest absolute Gasteiger partial charge is 0.496 e. The van der Waals surface area contributed by atoms with Gasteiger partial charge in [0.2, 0.25) is 0 Å². The summed E-state index contributed by atoms with van der Waals surface area (Å²) in [5, 5.41) is 0. The van der Waals surface area contributed by atoms with E-state index in [2.05, 4.69) is 9.97 Å². The van der Waals surface area contributed by atoms with E-state index >= 15 is 0 Å². The Morgan fingerprint density at radius 2 is 1.88 bits per heavy atom. The van der Waals surface area contributed by atoms with Crippen LogP contribution in [0.15, 0.2) is 42.7 Å². The molecule has 1 heterocycles. The lowest BCUT2D eigenvalue weighted by atomic mass is 9.97. The van der Waals surface area contributed by atoms with E-state index in [0.29, 0.717) is 6.54 Å². The highest BCUT2D eigenvalue weighted by Gasteiger charge is 2.18. The molecular weight excluding hydrogens is 214 g/mol. The maximum atomic E-state index is 5.82. The van der Waals surface area contributed by atoms with Gasteiger partial charge in [0.15, 0.2) is 0 Å². The smallest absolute Gasteiger partial charge is 0.137 e. The molecule has 1 aromatic carbocycles. The van der Waals surface area contributed by atoms with Crippen LogP contribution in [0.4, 0.5) is 0 Å². The van der Waals surface area contributed by atoms with Gasteiger partial charge in [0.05, 0.1) is 13.0 Å². The molecule has 0 fully saturated rings. The van der Waals surface area contributed by atoms with Crippen LogP contribution in [0, 0.1) is 0 Å². The second kappa shape index (κ2) is 5.41. The molecule has 0 radical (unpaired) electrons. The maximum Gasteiger partial charge on any atom is 0.137 e. The Morgan fingerprint density at radius 1 is 1.18 bits per heavy atom. The van der Waals surface area contributed by atoms with Crippen LogP contribution in [0.2, 0.25) is 0 Å². The van der Waals surface area contributed by atoms with Crippen LogP contribution < -0.4 is 10.5 Å². The van der Waals surface area contributed by atoms with Gasteiger partial charge in [-0.25, -0.2) is 9.97 Å². The normalized spacial score (nSPS) is 12.1. The summed E-state index contributed by atoms with van der Waals surface area (Å²) in [4.78, 5) is 8.51. The number of ether oxygens (including phenoxy) is 1. The fourth-order valence-corrected chi connectivity index (χ4v) is 1.82. The van der Waals surface area contributed by atoms with Gasteiger partial charge >= 0.3 is 0 Å². The molecule has 0 aliphatic rings. The molecule has 88 valence electrons. The Bertz CT molecular complexity index is 473. The van der Waals surface area contributed by atoms with Crippen molar-refractivity contribution in [3.05, 3.63) is 54.1 Å². The molecule has 0 saturated heterocycles. The molecule has 1 atom stereocenters. The van der Waals surface area contributed by atoms with Crippen molar-refractivity contribution in [2.75, 3.05) is 13.7 Å². The van der Waals surface area contributed by atoms with E-state index in [9.17, 15) is 0 Å². The van der Waals surface area contributed by atoms with E-state index < -0.39 is 0 Å². The molecule has 2 aromatic rings. The van der Waals surface area contributed by atoms with Gasteiger partial charge in [0, 0.05) is 24.5 Å². The lowest BCUT2D eigenvalue weighted by molar-refractivity contribution is 0.407. The van der Waals surface area contributed by atoms with Crippen molar-refractivity contribution >= 4 is 0 Å². The van der Waals surface area contributed by atoms with Crippen molar-refractivity contribution in [2.45, 2.75) is 5.92 Å². The zero-order valence-corrected chi connectivity index (χ0v) is 9.71. The number of hydrogen-bond acceptors (Lipinski definition) is 4. The number of aromatic nitrogens is 2. The van der Waals surface area contributed by atoms with Crippen LogP contribution in [-0.2, 0) is 0 Å². The number of methoxy groups -OCH3 is 1. The highest BCUT2D eigenvalue weighted by atomic mass is 16.5. The average molecular weight is 229 g/mol. The predicted molar refractivity (Wildman–Crippen MR) is 65.9 cm³/mol. The number of hydrogen-bond donors (Lipinski definition) is 1. The SMILES string of the molecule is COc1ccccc1C(CN)c1ncccn1. The number of nitrogens with two attached hydrogens (primary N) is 1. The van der Waals surface area contributed by atoms with Crippen LogP contribution >= 0.6 is 0 Å². The summed E-state index contributed by atoms with van der Waals surface area (Å²) >= 11 is 0. The number of para-hydroxylation sites is 1. The molecule has 4 heteroatoms. The fraction of sp³-hybridized carbons (Fsp3) is 0.231.